The van der Waals surface area contributed by atoms with E-state index < -0.39 is 5.97 Å². The highest BCUT2D eigenvalue weighted by molar-refractivity contribution is 6.32. The number of carbonyl (C=O) groups is 2. The van der Waals surface area contributed by atoms with Gasteiger partial charge in [-0.1, -0.05) is 41.9 Å². The normalized spacial score (nSPS) is 13.1. The average molecular weight is 451 g/mol. The molecule has 2 N–H and O–H groups in total. The summed E-state index contributed by atoms with van der Waals surface area (Å²) in [6.45, 7) is 1.36. The Hall–Kier alpha value is -3.51. The summed E-state index contributed by atoms with van der Waals surface area (Å²) in [5.74, 6) is 0.0694. The highest BCUT2D eigenvalue weighted by Crippen LogP contribution is 2.31. The largest absolute Gasteiger partial charge is 0.481 e. The monoisotopic (exact) mass is 450 g/mol. The first-order valence-electron chi connectivity index (χ1n) is 10.4. The molecule has 0 saturated heterocycles. The molecule has 3 aromatic carbocycles. The minimum atomic E-state index is -0.919. The number of carboxylic acid groups (broad SMARTS) is 1. The van der Waals surface area contributed by atoms with Gasteiger partial charge in [-0.3, -0.25) is 4.79 Å². The van der Waals surface area contributed by atoms with Crippen LogP contribution in [0.15, 0.2) is 66.7 Å². The maximum atomic E-state index is 12.7. The number of fused-ring (bicyclic) bond motifs is 1. The van der Waals surface area contributed by atoms with E-state index in [1.807, 2.05) is 17.0 Å². The molecule has 6 nitrogen and oxygen atoms in total. The summed E-state index contributed by atoms with van der Waals surface area (Å²) in [7, 11) is 0. The second-order valence-corrected chi connectivity index (χ2v) is 8.05. The molecule has 0 aliphatic carbocycles. The minimum Gasteiger partial charge on any atom is -0.481 e. The average Bonchev–Trinajstić information content (AvgIpc) is 2.99. The number of aliphatic carboxylic acids is 1. The van der Waals surface area contributed by atoms with Gasteiger partial charge in [-0.15, -0.1) is 0 Å². The topological polar surface area (TPSA) is 78.9 Å². The molecule has 0 saturated carbocycles. The lowest BCUT2D eigenvalue weighted by Crippen LogP contribution is -2.36. The molecule has 0 atom stereocenters. The fourth-order valence-electron chi connectivity index (χ4n) is 3.72. The fourth-order valence-corrected chi connectivity index (χ4v) is 3.96. The Bertz CT molecular complexity index is 1100. The first-order chi connectivity index (χ1) is 15.5. The van der Waals surface area contributed by atoms with Gasteiger partial charge in [-0.05, 0) is 65.9 Å². The van der Waals surface area contributed by atoms with Crippen LogP contribution in [0.1, 0.15) is 16.7 Å². The SMILES string of the molecule is O=C(O)Cc1ccc(Oc2ccc(NC(=O)N3CCc4ccccc4CC3)cc2)c(Cl)c1. The van der Waals surface area contributed by atoms with Crippen LogP contribution in [0.2, 0.25) is 5.02 Å². The van der Waals surface area contributed by atoms with E-state index in [1.54, 1.807) is 42.5 Å². The number of carbonyl (C=O) groups excluding carboxylic acids is 1. The van der Waals surface area contributed by atoms with Crippen molar-refractivity contribution in [2.75, 3.05) is 18.4 Å². The number of halogens is 1. The van der Waals surface area contributed by atoms with Crippen molar-refractivity contribution in [1.82, 2.24) is 4.90 Å². The van der Waals surface area contributed by atoms with Crippen molar-refractivity contribution in [3.63, 3.8) is 0 Å². The molecule has 7 heteroatoms. The van der Waals surface area contributed by atoms with Gasteiger partial charge in [-0.25, -0.2) is 4.79 Å². The van der Waals surface area contributed by atoms with Crippen molar-refractivity contribution in [2.45, 2.75) is 19.3 Å². The number of amides is 2. The van der Waals surface area contributed by atoms with E-state index in [1.165, 1.54) is 11.1 Å². The van der Waals surface area contributed by atoms with Gasteiger partial charge < -0.3 is 20.1 Å². The van der Waals surface area contributed by atoms with E-state index in [4.69, 9.17) is 21.4 Å². The van der Waals surface area contributed by atoms with Crippen LogP contribution in [0.3, 0.4) is 0 Å². The summed E-state index contributed by atoms with van der Waals surface area (Å²) < 4.78 is 5.80. The maximum Gasteiger partial charge on any atom is 0.321 e. The van der Waals surface area contributed by atoms with Crippen LogP contribution in [0.25, 0.3) is 0 Å². The van der Waals surface area contributed by atoms with Gasteiger partial charge in [0.15, 0.2) is 0 Å². The molecule has 4 rings (SSSR count). The quantitative estimate of drug-likeness (QED) is 0.546. The van der Waals surface area contributed by atoms with Crippen LogP contribution in [-0.4, -0.2) is 35.1 Å². The lowest BCUT2D eigenvalue weighted by molar-refractivity contribution is -0.136. The third kappa shape index (κ3) is 5.39. The molecule has 3 aromatic rings. The third-order valence-corrected chi connectivity index (χ3v) is 5.69. The van der Waals surface area contributed by atoms with E-state index in [2.05, 4.69) is 17.4 Å². The molecular weight excluding hydrogens is 428 g/mol. The smallest absolute Gasteiger partial charge is 0.321 e. The van der Waals surface area contributed by atoms with Gasteiger partial charge in [0, 0.05) is 18.8 Å². The van der Waals surface area contributed by atoms with Crippen LogP contribution in [0.4, 0.5) is 10.5 Å². The fraction of sp³-hybridized carbons (Fsp3) is 0.200. The number of hydrogen-bond donors (Lipinski definition) is 2. The Morgan fingerprint density at radius 1 is 0.969 bits per heavy atom. The second kappa shape index (κ2) is 9.75. The number of ether oxygens (including phenoxy) is 1. The van der Waals surface area contributed by atoms with Crippen LogP contribution >= 0.6 is 11.6 Å². The second-order valence-electron chi connectivity index (χ2n) is 7.65. The zero-order valence-corrected chi connectivity index (χ0v) is 18.1. The Kier molecular flexibility index (Phi) is 6.61. The van der Waals surface area contributed by atoms with Gasteiger partial charge >= 0.3 is 12.0 Å². The maximum absolute atomic E-state index is 12.7. The number of carboxylic acids is 1. The van der Waals surface area contributed by atoms with Gasteiger partial charge in [-0.2, -0.15) is 0 Å². The van der Waals surface area contributed by atoms with Crippen molar-refractivity contribution in [3.05, 3.63) is 88.4 Å². The summed E-state index contributed by atoms with van der Waals surface area (Å²) in [4.78, 5) is 25.4. The number of nitrogens with zero attached hydrogens (tertiary/aromatic N) is 1. The standard InChI is InChI=1S/C25H23ClN2O4/c26-22-15-17(16-24(29)30)5-10-23(22)32-21-8-6-20(7-9-21)27-25(31)28-13-11-18-3-1-2-4-19(18)12-14-28/h1-10,15H,11-14,16H2,(H,27,31)(H,29,30). The molecule has 0 aromatic heterocycles. The predicted molar refractivity (Wildman–Crippen MR) is 124 cm³/mol. The lowest BCUT2D eigenvalue weighted by atomic mass is 10.0. The molecule has 164 valence electrons. The molecule has 1 heterocycles. The summed E-state index contributed by atoms with van der Waals surface area (Å²) in [6.07, 6.45) is 1.60. The van der Waals surface area contributed by atoms with E-state index >= 15 is 0 Å². The van der Waals surface area contributed by atoms with Crippen LogP contribution < -0.4 is 10.1 Å². The lowest BCUT2D eigenvalue weighted by Gasteiger charge is -2.21. The van der Waals surface area contributed by atoms with E-state index in [-0.39, 0.29) is 12.5 Å². The number of rotatable bonds is 5. The molecule has 0 bridgehead atoms. The Morgan fingerprint density at radius 3 is 2.22 bits per heavy atom. The first-order valence-corrected chi connectivity index (χ1v) is 10.8. The third-order valence-electron chi connectivity index (χ3n) is 5.39. The molecular formula is C25H23ClN2O4. The van der Waals surface area contributed by atoms with Crippen molar-refractivity contribution < 1.29 is 19.4 Å². The predicted octanol–water partition coefficient (Wildman–Crippen LogP) is 5.39. The van der Waals surface area contributed by atoms with Crippen molar-refractivity contribution in [1.29, 1.82) is 0 Å². The van der Waals surface area contributed by atoms with Gasteiger partial charge in [0.25, 0.3) is 0 Å². The first kappa shape index (κ1) is 21.7. The van der Waals surface area contributed by atoms with Crippen molar-refractivity contribution >= 4 is 29.3 Å². The Labute approximate surface area is 191 Å². The molecule has 1 aliphatic heterocycles. The molecule has 0 spiro atoms. The number of hydrogen-bond acceptors (Lipinski definition) is 3. The molecule has 0 radical (unpaired) electrons. The van der Waals surface area contributed by atoms with E-state index in [9.17, 15) is 9.59 Å². The summed E-state index contributed by atoms with van der Waals surface area (Å²) in [5.41, 5.74) is 3.88. The molecule has 1 aliphatic rings. The zero-order chi connectivity index (χ0) is 22.5. The number of benzene rings is 3. The zero-order valence-electron chi connectivity index (χ0n) is 17.4. The summed E-state index contributed by atoms with van der Waals surface area (Å²) in [6, 6.07) is 20.1. The number of urea groups is 1. The summed E-state index contributed by atoms with van der Waals surface area (Å²) >= 11 is 6.22. The molecule has 0 unspecified atom stereocenters. The highest BCUT2D eigenvalue weighted by Gasteiger charge is 2.18. The molecule has 2 amide bonds. The van der Waals surface area contributed by atoms with Crippen LogP contribution in [0, 0.1) is 0 Å². The van der Waals surface area contributed by atoms with Gasteiger partial charge in [0.2, 0.25) is 0 Å². The van der Waals surface area contributed by atoms with Gasteiger partial charge in [0.1, 0.15) is 11.5 Å². The van der Waals surface area contributed by atoms with Gasteiger partial charge in [0.05, 0.1) is 11.4 Å². The molecule has 32 heavy (non-hydrogen) atoms. The van der Waals surface area contributed by atoms with Crippen LogP contribution in [0.5, 0.6) is 11.5 Å². The van der Waals surface area contributed by atoms with Crippen LogP contribution in [-0.2, 0) is 24.1 Å². The Balaban J connectivity index is 1.35. The highest BCUT2D eigenvalue weighted by atomic mass is 35.5. The summed E-state index contributed by atoms with van der Waals surface area (Å²) in [5, 5.41) is 12.2. The number of nitrogens with one attached hydrogen (secondary N) is 1. The van der Waals surface area contributed by atoms with Crippen molar-refractivity contribution in [2.24, 2.45) is 0 Å². The molecule has 0 fully saturated rings. The Morgan fingerprint density at radius 2 is 1.62 bits per heavy atom. The van der Waals surface area contributed by atoms with E-state index in [0.717, 1.165) is 12.8 Å². The van der Waals surface area contributed by atoms with Crippen molar-refractivity contribution in [3.8, 4) is 11.5 Å². The number of anilines is 1. The minimum absolute atomic E-state index is 0.0997. The van der Waals surface area contributed by atoms with E-state index in [0.29, 0.717) is 40.9 Å².